The van der Waals surface area contributed by atoms with Crippen LogP contribution in [0.3, 0.4) is 0 Å². The van der Waals surface area contributed by atoms with Gasteiger partial charge in [0.25, 0.3) is 5.91 Å². The molecule has 0 saturated heterocycles. The highest BCUT2D eigenvalue weighted by Gasteiger charge is 2.07. The van der Waals surface area contributed by atoms with E-state index in [9.17, 15) is 4.79 Å². The zero-order chi connectivity index (χ0) is 21.2. The van der Waals surface area contributed by atoms with E-state index < -0.39 is 0 Å². The van der Waals surface area contributed by atoms with Gasteiger partial charge in [-0.1, -0.05) is 38.1 Å². The molecule has 0 aliphatic heterocycles. The number of carbonyl (C=O) groups is 1. The maximum absolute atomic E-state index is 12.5. The third kappa shape index (κ3) is 6.16. The van der Waals surface area contributed by atoms with E-state index >= 15 is 0 Å². The molecule has 1 amide bonds. The van der Waals surface area contributed by atoms with Crippen molar-refractivity contribution in [3.63, 3.8) is 0 Å². The Morgan fingerprint density at radius 3 is 2.43 bits per heavy atom. The fourth-order valence-corrected chi connectivity index (χ4v) is 3.34. The number of nitrogens with one attached hydrogen (secondary N) is 2. The zero-order valence-corrected chi connectivity index (χ0v) is 17.8. The summed E-state index contributed by atoms with van der Waals surface area (Å²) >= 11 is 0. The summed E-state index contributed by atoms with van der Waals surface area (Å²) in [6.45, 7) is 8.08. The van der Waals surface area contributed by atoms with Gasteiger partial charge in [-0.15, -0.1) is 0 Å². The van der Waals surface area contributed by atoms with Gasteiger partial charge in [-0.05, 0) is 68.5 Å². The van der Waals surface area contributed by atoms with Crippen molar-refractivity contribution in [1.29, 1.82) is 0 Å². The van der Waals surface area contributed by atoms with E-state index in [1.807, 2.05) is 60.7 Å². The number of pyridine rings is 1. The SMILES string of the molecule is CCN(CC)CCCNC(=O)c1cccc(Nc2cccc(-c3ccccn3)c2)c1. The Morgan fingerprint density at radius 2 is 1.70 bits per heavy atom. The number of rotatable bonds is 10. The quantitative estimate of drug-likeness (QED) is 0.471. The van der Waals surface area contributed by atoms with Crippen molar-refractivity contribution in [3.8, 4) is 11.3 Å². The smallest absolute Gasteiger partial charge is 0.251 e. The summed E-state index contributed by atoms with van der Waals surface area (Å²) in [7, 11) is 0. The molecule has 0 spiro atoms. The van der Waals surface area contributed by atoms with Crippen LogP contribution in [0.25, 0.3) is 11.3 Å². The molecule has 1 aromatic heterocycles. The van der Waals surface area contributed by atoms with Crippen LogP contribution in [0.2, 0.25) is 0 Å². The van der Waals surface area contributed by atoms with Gasteiger partial charge in [-0.25, -0.2) is 0 Å². The van der Waals surface area contributed by atoms with Crippen molar-refractivity contribution in [3.05, 3.63) is 78.5 Å². The minimum Gasteiger partial charge on any atom is -0.355 e. The highest BCUT2D eigenvalue weighted by molar-refractivity contribution is 5.95. The first-order valence-corrected chi connectivity index (χ1v) is 10.6. The molecular weight excluding hydrogens is 372 g/mol. The molecule has 30 heavy (non-hydrogen) atoms. The van der Waals surface area contributed by atoms with Crippen LogP contribution in [0.1, 0.15) is 30.6 Å². The van der Waals surface area contributed by atoms with Crippen molar-refractivity contribution in [1.82, 2.24) is 15.2 Å². The van der Waals surface area contributed by atoms with Crippen LogP contribution in [0, 0.1) is 0 Å². The minimum atomic E-state index is -0.0413. The normalized spacial score (nSPS) is 10.8. The van der Waals surface area contributed by atoms with E-state index in [1.54, 1.807) is 6.20 Å². The summed E-state index contributed by atoms with van der Waals surface area (Å²) in [4.78, 5) is 19.3. The van der Waals surface area contributed by atoms with E-state index in [0.717, 1.165) is 48.7 Å². The van der Waals surface area contributed by atoms with E-state index in [-0.39, 0.29) is 5.91 Å². The maximum Gasteiger partial charge on any atom is 0.251 e. The molecule has 0 aliphatic rings. The summed E-state index contributed by atoms with van der Waals surface area (Å²) in [5.41, 5.74) is 4.46. The number of hydrogen-bond acceptors (Lipinski definition) is 4. The fourth-order valence-electron chi connectivity index (χ4n) is 3.34. The first-order valence-electron chi connectivity index (χ1n) is 10.6. The number of carbonyl (C=O) groups excluding carboxylic acids is 1. The highest BCUT2D eigenvalue weighted by atomic mass is 16.1. The fraction of sp³-hybridized carbons (Fsp3) is 0.280. The number of hydrogen-bond donors (Lipinski definition) is 2. The lowest BCUT2D eigenvalue weighted by Gasteiger charge is -2.17. The van der Waals surface area contributed by atoms with Crippen molar-refractivity contribution in [2.24, 2.45) is 0 Å². The monoisotopic (exact) mass is 402 g/mol. The van der Waals surface area contributed by atoms with Crippen LogP contribution in [0.4, 0.5) is 11.4 Å². The van der Waals surface area contributed by atoms with E-state index in [0.29, 0.717) is 12.1 Å². The number of anilines is 2. The topological polar surface area (TPSA) is 57.3 Å². The van der Waals surface area contributed by atoms with Gasteiger partial charge in [0.2, 0.25) is 0 Å². The van der Waals surface area contributed by atoms with Gasteiger partial charge in [0.05, 0.1) is 5.69 Å². The molecule has 2 aromatic carbocycles. The second-order valence-corrected chi connectivity index (χ2v) is 7.14. The maximum atomic E-state index is 12.5. The summed E-state index contributed by atoms with van der Waals surface area (Å²) in [5, 5.41) is 6.41. The van der Waals surface area contributed by atoms with Crippen LogP contribution < -0.4 is 10.6 Å². The van der Waals surface area contributed by atoms with Crippen LogP contribution in [-0.4, -0.2) is 42.0 Å². The second-order valence-electron chi connectivity index (χ2n) is 7.14. The zero-order valence-electron chi connectivity index (χ0n) is 17.8. The number of amides is 1. The van der Waals surface area contributed by atoms with Crippen LogP contribution in [-0.2, 0) is 0 Å². The van der Waals surface area contributed by atoms with Crippen molar-refractivity contribution < 1.29 is 4.79 Å². The number of nitrogens with zero attached hydrogens (tertiary/aromatic N) is 2. The highest BCUT2D eigenvalue weighted by Crippen LogP contribution is 2.23. The summed E-state index contributed by atoms with van der Waals surface area (Å²) in [5.74, 6) is -0.0413. The largest absolute Gasteiger partial charge is 0.355 e. The molecule has 0 fully saturated rings. The molecule has 0 aliphatic carbocycles. The van der Waals surface area contributed by atoms with E-state index in [2.05, 4.69) is 40.4 Å². The lowest BCUT2D eigenvalue weighted by molar-refractivity contribution is 0.0952. The van der Waals surface area contributed by atoms with Gasteiger partial charge >= 0.3 is 0 Å². The molecule has 0 unspecified atom stereocenters. The van der Waals surface area contributed by atoms with Gasteiger partial charge in [0.1, 0.15) is 0 Å². The molecule has 2 N–H and O–H groups in total. The number of aromatic nitrogens is 1. The minimum absolute atomic E-state index is 0.0413. The van der Waals surface area contributed by atoms with Gasteiger partial charge in [0.15, 0.2) is 0 Å². The predicted molar refractivity (Wildman–Crippen MR) is 124 cm³/mol. The first-order chi connectivity index (χ1) is 14.7. The van der Waals surface area contributed by atoms with Crippen LogP contribution in [0.15, 0.2) is 72.9 Å². The number of benzene rings is 2. The Labute approximate surface area is 179 Å². The Bertz CT molecular complexity index is 939. The van der Waals surface area contributed by atoms with Crippen LogP contribution in [0.5, 0.6) is 0 Å². The molecule has 3 rings (SSSR count). The third-order valence-electron chi connectivity index (χ3n) is 5.07. The van der Waals surface area contributed by atoms with Gasteiger partial charge < -0.3 is 15.5 Å². The third-order valence-corrected chi connectivity index (χ3v) is 5.07. The molecule has 5 nitrogen and oxygen atoms in total. The average molecular weight is 403 g/mol. The van der Waals surface area contributed by atoms with Crippen molar-refractivity contribution in [2.45, 2.75) is 20.3 Å². The molecule has 0 bridgehead atoms. The Balaban J connectivity index is 1.60. The molecule has 3 aromatic rings. The van der Waals surface area contributed by atoms with Crippen LogP contribution >= 0.6 is 0 Å². The Morgan fingerprint density at radius 1 is 0.933 bits per heavy atom. The first kappa shape index (κ1) is 21.5. The van der Waals surface area contributed by atoms with Gasteiger partial charge in [-0.3, -0.25) is 9.78 Å². The standard InChI is InChI=1S/C25H30N4O/c1-3-29(4-2)17-9-16-27-25(30)21-11-8-13-23(19-21)28-22-12-7-10-20(18-22)24-14-5-6-15-26-24/h5-8,10-15,18-19,28H,3-4,9,16-17H2,1-2H3,(H,27,30). The van der Waals surface area contributed by atoms with Crippen molar-refractivity contribution in [2.75, 3.05) is 31.5 Å². The lowest BCUT2D eigenvalue weighted by atomic mass is 10.1. The van der Waals surface area contributed by atoms with Gasteiger partial charge in [0, 0.05) is 35.2 Å². The summed E-state index contributed by atoms with van der Waals surface area (Å²) in [6, 6.07) is 21.6. The lowest BCUT2D eigenvalue weighted by Crippen LogP contribution is -2.29. The van der Waals surface area contributed by atoms with E-state index in [4.69, 9.17) is 0 Å². The van der Waals surface area contributed by atoms with Gasteiger partial charge in [-0.2, -0.15) is 0 Å². The molecule has 1 heterocycles. The molecular formula is C25H30N4O. The predicted octanol–water partition coefficient (Wildman–Crippen LogP) is 4.95. The molecule has 156 valence electrons. The molecule has 5 heteroatoms. The summed E-state index contributed by atoms with van der Waals surface area (Å²) in [6.07, 6.45) is 2.74. The van der Waals surface area contributed by atoms with E-state index in [1.165, 1.54) is 0 Å². The second kappa shape index (κ2) is 11.1. The Hall–Kier alpha value is -3.18. The molecule has 0 saturated carbocycles. The molecule has 0 atom stereocenters. The van der Waals surface area contributed by atoms with Crippen molar-refractivity contribution >= 4 is 17.3 Å². The summed E-state index contributed by atoms with van der Waals surface area (Å²) < 4.78 is 0. The Kier molecular flexibility index (Phi) is 7.98. The average Bonchev–Trinajstić information content (AvgIpc) is 2.80. The molecule has 0 radical (unpaired) electrons.